The molecule has 27 heavy (non-hydrogen) atoms. The molecule has 0 fully saturated rings. The number of aromatic nitrogens is 2. The molecule has 4 aromatic rings. The van der Waals surface area contributed by atoms with E-state index in [1.807, 2.05) is 42.5 Å². The van der Waals surface area contributed by atoms with Crippen LogP contribution in [0.2, 0.25) is 0 Å². The molecular weight excluding hydrogens is 378 g/mol. The highest BCUT2D eigenvalue weighted by Crippen LogP contribution is 2.27. The highest BCUT2D eigenvalue weighted by molar-refractivity contribution is 7.90. The third-order valence-corrected chi connectivity index (χ3v) is 6.73. The van der Waals surface area contributed by atoms with Crippen molar-refractivity contribution in [3.63, 3.8) is 0 Å². The van der Waals surface area contributed by atoms with Gasteiger partial charge in [0.25, 0.3) is 0 Å². The minimum atomic E-state index is -3.46. The predicted molar refractivity (Wildman–Crippen MR) is 109 cm³/mol. The van der Waals surface area contributed by atoms with Crippen molar-refractivity contribution in [1.82, 2.24) is 9.36 Å². The van der Waals surface area contributed by atoms with Gasteiger partial charge in [0.2, 0.25) is 0 Å². The van der Waals surface area contributed by atoms with E-state index in [-0.39, 0.29) is 5.75 Å². The fourth-order valence-electron chi connectivity index (χ4n) is 2.91. The summed E-state index contributed by atoms with van der Waals surface area (Å²) in [5.74, 6) is -0.130. The van der Waals surface area contributed by atoms with Gasteiger partial charge >= 0.3 is 0 Å². The van der Waals surface area contributed by atoms with E-state index in [2.05, 4.69) is 26.8 Å². The SMILES string of the molecule is O=S(=O)(Cc1ncns1)c1ccc2c(NCc3ccccc3)cccc2c1. The molecule has 0 amide bonds. The number of benzene rings is 3. The molecular formula is C20H17N3O2S2. The van der Waals surface area contributed by atoms with Crippen molar-refractivity contribution in [2.45, 2.75) is 17.2 Å². The summed E-state index contributed by atoms with van der Waals surface area (Å²) >= 11 is 1.10. The van der Waals surface area contributed by atoms with Gasteiger partial charge in [0.15, 0.2) is 9.84 Å². The average molecular weight is 396 g/mol. The Balaban J connectivity index is 1.62. The van der Waals surface area contributed by atoms with Crippen LogP contribution in [0.25, 0.3) is 10.8 Å². The zero-order valence-electron chi connectivity index (χ0n) is 14.4. The Hall–Kier alpha value is -2.77. The van der Waals surface area contributed by atoms with Gasteiger partial charge in [0.1, 0.15) is 17.1 Å². The van der Waals surface area contributed by atoms with Crippen LogP contribution in [-0.4, -0.2) is 17.8 Å². The van der Waals surface area contributed by atoms with Crippen LogP contribution in [0, 0.1) is 0 Å². The molecule has 3 aromatic carbocycles. The second-order valence-electron chi connectivity index (χ2n) is 6.12. The maximum atomic E-state index is 12.7. The monoisotopic (exact) mass is 395 g/mol. The molecule has 0 bridgehead atoms. The number of hydrogen-bond donors (Lipinski definition) is 1. The van der Waals surface area contributed by atoms with Crippen LogP contribution in [0.5, 0.6) is 0 Å². The highest BCUT2D eigenvalue weighted by Gasteiger charge is 2.18. The Kier molecular flexibility index (Phi) is 4.87. The molecule has 136 valence electrons. The summed E-state index contributed by atoms with van der Waals surface area (Å²) in [6, 6.07) is 21.2. The zero-order chi connectivity index (χ0) is 18.7. The van der Waals surface area contributed by atoms with E-state index < -0.39 is 9.84 Å². The van der Waals surface area contributed by atoms with Crippen molar-refractivity contribution >= 4 is 37.8 Å². The third kappa shape index (κ3) is 3.99. The third-order valence-electron chi connectivity index (χ3n) is 4.26. The first kappa shape index (κ1) is 17.6. The Bertz CT molecular complexity index is 1160. The van der Waals surface area contributed by atoms with Gasteiger partial charge in [-0.1, -0.05) is 48.5 Å². The zero-order valence-corrected chi connectivity index (χ0v) is 16.0. The number of rotatable bonds is 6. The summed E-state index contributed by atoms with van der Waals surface area (Å²) < 4.78 is 29.2. The fraction of sp³-hybridized carbons (Fsp3) is 0.100. The van der Waals surface area contributed by atoms with E-state index in [1.165, 1.54) is 11.9 Å². The van der Waals surface area contributed by atoms with E-state index in [0.29, 0.717) is 16.4 Å². The average Bonchev–Trinajstić information content (AvgIpc) is 3.19. The van der Waals surface area contributed by atoms with Gasteiger partial charge in [0, 0.05) is 17.6 Å². The number of anilines is 1. The van der Waals surface area contributed by atoms with Crippen molar-refractivity contribution in [1.29, 1.82) is 0 Å². The van der Waals surface area contributed by atoms with Gasteiger partial charge in [-0.3, -0.25) is 0 Å². The lowest BCUT2D eigenvalue weighted by molar-refractivity contribution is 0.595. The standard InChI is InChI=1S/C20H17N3O2S2/c24-27(25,13-20-22-14-23-26-20)17-9-10-18-16(11-17)7-4-8-19(18)21-12-15-5-2-1-3-6-15/h1-11,14,21H,12-13H2. The van der Waals surface area contributed by atoms with Gasteiger partial charge in [-0.25, -0.2) is 13.4 Å². The van der Waals surface area contributed by atoms with Crippen LogP contribution in [0.3, 0.4) is 0 Å². The van der Waals surface area contributed by atoms with Crippen LogP contribution < -0.4 is 5.32 Å². The maximum absolute atomic E-state index is 12.7. The summed E-state index contributed by atoms with van der Waals surface area (Å²) in [5.41, 5.74) is 2.16. The first-order valence-electron chi connectivity index (χ1n) is 8.41. The normalized spacial score (nSPS) is 11.6. The van der Waals surface area contributed by atoms with E-state index in [0.717, 1.165) is 28.0 Å². The van der Waals surface area contributed by atoms with Gasteiger partial charge in [0.05, 0.1) is 4.90 Å². The van der Waals surface area contributed by atoms with Crippen LogP contribution in [0.1, 0.15) is 10.6 Å². The van der Waals surface area contributed by atoms with Crippen LogP contribution in [-0.2, 0) is 22.1 Å². The molecule has 0 spiro atoms. The lowest BCUT2D eigenvalue weighted by Crippen LogP contribution is -2.05. The van der Waals surface area contributed by atoms with Gasteiger partial charge < -0.3 is 5.32 Å². The van der Waals surface area contributed by atoms with E-state index in [9.17, 15) is 8.42 Å². The largest absolute Gasteiger partial charge is 0.380 e. The van der Waals surface area contributed by atoms with Gasteiger partial charge in [-0.15, -0.1) is 0 Å². The maximum Gasteiger partial charge on any atom is 0.184 e. The Morgan fingerprint density at radius 1 is 0.963 bits per heavy atom. The molecule has 0 unspecified atom stereocenters. The highest BCUT2D eigenvalue weighted by atomic mass is 32.2. The van der Waals surface area contributed by atoms with Crippen molar-refractivity contribution in [2.24, 2.45) is 0 Å². The fourth-order valence-corrected chi connectivity index (χ4v) is 5.04. The molecule has 0 aliphatic carbocycles. The summed E-state index contributed by atoms with van der Waals surface area (Å²) in [5, 5.41) is 5.80. The Morgan fingerprint density at radius 2 is 1.81 bits per heavy atom. The molecule has 0 aliphatic heterocycles. The first-order chi connectivity index (χ1) is 13.1. The topological polar surface area (TPSA) is 72.0 Å². The molecule has 1 heterocycles. The predicted octanol–water partition coefficient (Wildman–Crippen LogP) is 4.28. The molecule has 1 aromatic heterocycles. The number of nitrogens with zero attached hydrogens (tertiary/aromatic N) is 2. The number of fused-ring (bicyclic) bond motifs is 1. The summed E-state index contributed by atoms with van der Waals surface area (Å²) in [7, 11) is -3.46. The van der Waals surface area contributed by atoms with E-state index in [4.69, 9.17) is 0 Å². The van der Waals surface area contributed by atoms with Crippen LogP contribution in [0.15, 0.2) is 78.0 Å². The van der Waals surface area contributed by atoms with Crippen LogP contribution >= 0.6 is 11.5 Å². The van der Waals surface area contributed by atoms with E-state index >= 15 is 0 Å². The second-order valence-corrected chi connectivity index (χ2v) is 8.98. The van der Waals surface area contributed by atoms with Gasteiger partial charge in [-0.05, 0) is 40.7 Å². The summed E-state index contributed by atoms with van der Waals surface area (Å²) in [6.07, 6.45) is 1.38. The Labute approximate surface area is 161 Å². The second kappa shape index (κ2) is 7.46. The summed E-state index contributed by atoms with van der Waals surface area (Å²) in [6.45, 7) is 0.705. The van der Waals surface area contributed by atoms with E-state index in [1.54, 1.807) is 12.1 Å². The minimum absolute atomic E-state index is 0.130. The quantitative estimate of drug-likeness (QED) is 0.528. The number of hydrogen-bond acceptors (Lipinski definition) is 6. The molecule has 5 nitrogen and oxygen atoms in total. The first-order valence-corrected chi connectivity index (χ1v) is 10.8. The van der Waals surface area contributed by atoms with Crippen molar-refractivity contribution in [3.8, 4) is 0 Å². The molecule has 0 radical (unpaired) electrons. The molecule has 7 heteroatoms. The van der Waals surface area contributed by atoms with Crippen molar-refractivity contribution < 1.29 is 8.42 Å². The lowest BCUT2D eigenvalue weighted by atomic mass is 10.1. The molecule has 0 saturated heterocycles. The minimum Gasteiger partial charge on any atom is -0.380 e. The van der Waals surface area contributed by atoms with Crippen molar-refractivity contribution in [2.75, 3.05) is 5.32 Å². The summed E-state index contributed by atoms with van der Waals surface area (Å²) in [4.78, 5) is 4.27. The molecule has 0 aliphatic rings. The molecule has 0 atom stereocenters. The lowest BCUT2D eigenvalue weighted by Gasteiger charge is -2.11. The smallest absolute Gasteiger partial charge is 0.184 e. The molecule has 1 N–H and O–H groups in total. The molecule has 4 rings (SSSR count). The number of sulfone groups is 1. The number of nitrogens with one attached hydrogen (secondary N) is 1. The Morgan fingerprint density at radius 3 is 2.59 bits per heavy atom. The van der Waals surface area contributed by atoms with Crippen molar-refractivity contribution in [3.05, 3.63) is 83.6 Å². The van der Waals surface area contributed by atoms with Gasteiger partial charge in [-0.2, -0.15) is 4.37 Å². The molecule has 0 saturated carbocycles. The van der Waals surface area contributed by atoms with Crippen LogP contribution in [0.4, 0.5) is 5.69 Å².